The Hall–Kier alpha value is -2.34. The fourth-order valence-electron chi connectivity index (χ4n) is 1.39. The zero-order valence-electron chi connectivity index (χ0n) is 9.84. The minimum atomic E-state index is -0.372. The van der Waals surface area contributed by atoms with Crippen molar-refractivity contribution < 1.29 is 13.9 Å². The number of carbonyl (C=O) groups is 1. The highest BCUT2D eigenvalue weighted by atomic mass is 16.5. The summed E-state index contributed by atoms with van der Waals surface area (Å²) in [6, 6.07) is 7.14. The number of carbonyl (C=O) groups excluding carboxylic acids is 1. The Labute approximate surface area is 104 Å². The number of methoxy groups -OCH3 is 1. The second-order valence-electron chi connectivity index (χ2n) is 3.54. The van der Waals surface area contributed by atoms with Gasteiger partial charge in [-0.1, -0.05) is 0 Å². The average Bonchev–Trinajstić information content (AvgIpc) is 2.86. The summed E-state index contributed by atoms with van der Waals surface area (Å²) in [4.78, 5) is 15.3. The molecule has 0 aliphatic rings. The predicted octanol–water partition coefficient (Wildman–Crippen LogP) is 1.66. The monoisotopic (exact) mass is 247 g/mol. The first-order chi connectivity index (χ1) is 8.72. The molecule has 6 nitrogen and oxygen atoms in total. The van der Waals surface area contributed by atoms with E-state index in [9.17, 15) is 4.79 Å². The van der Waals surface area contributed by atoms with Crippen molar-refractivity contribution in [2.45, 2.75) is 6.54 Å². The van der Waals surface area contributed by atoms with Crippen molar-refractivity contribution in [3.05, 3.63) is 41.8 Å². The van der Waals surface area contributed by atoms with Crippen molar-refractivity contribution in [2.75, 3.05) is 12.4 Å². The standard InChI is InChI=1S/C12H13N3O3/c1-17-11(16)8-2-4-9(5-3-8)14-12-15-10(6-13)7-18-12/h2-5,7H,6,13H2,1H3,(H,14,15). The summed E-state index contributed by atoms with van der Waals surface area (Å²) in [5.74, 6) is -0.372. The third-order valence-corrected chi connectivity index (χ3v) is 2.32. The van der Waals surface area contributed by atoms with E-state index in [2.05, 4.69) is 15.0 Å². The molecule has 0 bridgehead atoms. The Morgan fingerprint density at radius 1 is 1.44 bits per heavy atom. The second kappa shape index (κ2) is 5.33. The normalized spacial score (nSPS) is 10.1. The Bertz CT molecular complexity index is 534. The highest BCUT2D eigenvalue weighted by Gasteiger charge is 2.06. The number of oxazole rings is 1. The SMILES string of the molecule is COC(=O)c1ccc(Nc2nc(CN)co2)cc1. The van der Waals surface area contributed by atoms with Gasteiger partial charge in [-0.05, 0) is 24.3 Å². The molecule has 0 saturated heterocycles. The molecule has 0 unspecified atom stereocenters. The van der Waals surface area contributed by atoms with E-state index in [4.69, 9.17) is 10.2 Å². The lowest BCUT2D eigenvalue weighted by Gasteiger charge is -2.03. The van der Waals surface area contributed by atoms with E-state index >= 15 is 0 Å². The van der Waals surface area contributed by atoms with Gasteiger partial charge >= 0.3 is 5.97 Å². The molecule has 3 N–H and O–H groups in total. The maximum atomic E-state index is 11.2. The Morgan fingerprint density at radius 3 is 2.72 bits per heavy atom. The molecule has 6 heteroatoms. The van der Waals surface area contributed by atoms with Crippen LogP contribution in [-0.2, 0) is 11.3 Å². The molecule has 1 aromatic heterocycles. The molecule has 18 heavy (non-hydrogen) atoms. The maximum absolute atomic E-state index is 11.2. The molecule has 0 spiro atoms. The van der Waals surface area contributed by atoms with Crippen LogP contribution >= 0.6 is 0 Å². The van der Waals surface area contributed by atoms with E-state index in [1.165, 1.54) is 13.4 Å². The molecule has 2 aromatic rings. The lowest BCUT2D eigenvalue weighted by molar-refractivity contribution is 0.0601. The van der Waals surface area contributed by atoms with E-state index in [1.807, 2.05) is 0 Å². The van der Waals surface area contributed by atoms with E-state index in [0.717, 1.165) is 5.69 Å². The lowest BCUT2D eigenvalue weighted by atomic mass is 10.2. The van der Waals surface area contributed by atoms with Crippen LogP contribution in [0.5, 0.6) is 0 Å². The number of nitrogens with two attached hydrogens (primary N) is 1. The van der Waals surface area contributed by atoms with Gasteiger partial charge in [-0.25, -0.2) is 4.79 Å². The molecule has 94 valence electrons. The number of hydrogen-bond donors (Lipinski definition) is 2. The molecule has 0 radical (unpaired) electrons. The van der Waals surface area contributed by atoms with Crippen molar-refractivity contribution >= 4 is 17.7 Å². The Morgan fingerprint density at radius 2 is 2.17 bits per heavy atom. The number of nitrogens with zero attached hydrogens (tertiary/aromatic N) is 1. The van der Waals surface area contributed by atoms with Gasteiger partial charge in [0.1, 0.15) is 6.26 Å². The van der Waals surface area contributed by atoms with Gasteiger partial charge in [0.05, 0.1) is 18.4 Å². The molecule has 0 aliphatic heterocycles. The van der Waals surface area contributed by atoms with Crippen molar-refractivity contribution in [2.24, 2.45) is 5.73 Å². The van der Waals surface area contributed by atoms with Crippen LogP contribution in [0.3, 0.4) is 0 Å². The van der Waals surface area contributed by atoms with Gasteiger partial charge < -0.3 is 20.2 Å². The summed E-state index contributed by atoms with van der Waals surface area (Å²) < 4.78 is 9.77. The van der Waals surface area contributed by atoms with Crippen LogP contribution in [0.4, 0.5) is 11.7 Å². The summed E-state index contributed by atoms with van der Waals surface area (Å²) in [6.07, 6.45) is 1.49. The van der Waals surface area contributed by atoms with Crippen LogP contribution in [0.15, 0.2) is 34.9 Å². The third-order valence-electron chi connectivity index (χ3n) is 2.32. The molecule has 0 amide bonds. The van der Waals surface area contributed by atoms with Gasteiger partial charge in [0.15, 0.2) is 0 Å². The van der Waals surface area contributed by atoms with Crippen LogP contribution in [0.25, 0.3) is 0 Å². The lowest BCUT2D eigenvalue weighted by Crippen LogP contribution is -2.01. The minimum Gasteiger partial charge on any atom is -0.465 e. The first kappa shape index (κ1) is 12.1. The van der Waals surface area contributed by atoms with Crippen molar-refractivity contribution in [3.8, 4) is 0 Å². The minimum absolute atomic E-state index is 0.326. The largest absolute Gasteiger partial charge is 0.465 e. The van der Waals surface area contributed by atoms with E-state index in [-0.39, 0.29) is 5.97 Å². The van der Waals surface area contributed by atoms with E-state index in [0.29, 0.717) is 23.8 Å². The quantitative estimate of drug-likeness (QED) is 0.798. The molecule has 0 atom stereocenters. The molecule has 1 heterocycles. The zero-order valence-corrected chi connectivity index (χ0v) is 9.84. The van der Waals surface area contributed by atoms with Crippen molar-refractivity contribution in [3.63, 3.8) is 0 Å². The zero-order chi connectivity index (χ0) is 13.0. The molecule has 2 rings (SSSR count). The summed E-state index contributed by atoms with van der Waals surface area (Å²) in [6.45, 7) is 0.326. The van der Waals surface area contributed by atoms with Gasteiger partial charge in [0, 0.05) is 12.2 Å². The molecule has 1 aromatic carbocycles. The molecular weight excluding hydrogens is 234 g/mol. The van der Waals surface area contributed by atoms with Crippen LogP contribution in [-0.4, -0.2) is 18.1 Å². The number of hydrogen-bond acceptors (Lipinski definition) is 6. The van der Waals surface area contributed by atoms with Crippen LogP contribution in [0.1, 0.15) is 16.1 Å². The number of nitrogens with one attached hydrogen (secondary N) is 1. The van der Waals surface area contributed by atoms with Crippen LogP contribution in [0, 0.1) is 0 Å². The second-order valence-corrected chi connectivity index (χ2v) is 3.54. The van der Waals surface area contributed by atoms with Gasteiger partial charge in [0.25, 0.3) is 6.01 Å². The van der Waals surface area contributed by atoms with E-state index < -0.39 is 0 Å². The molecule has 0 aliphatic carbocycles. The summed E-state index contributed by atoms with van der Waals surface area (Å²) in [5, 5.41) is 2.96. The molecule has 0 saturated carbocycles. The fourth-order valence-corrected chi connectivity index (χ4v) is 1.39. The molecule has 0 fully saturated rings. The van der Waals surface area contributed by atoms with Gasteiger partial charge in [-0.3, -0.25) is 0 Å². The van der Waals surface area contributed by atoms with Gasteiger partial charge in [-0.2, -0.15) is 4.98 Å². The third kappa shape index (κ3) is 2.67. The first-order valence-electron chi connectivity index (χ1n) is 5.33. The number of benzene rings is 1. The number of rotatable bonds is 4. The summed E-state index contributed by atoms with van der Waals surface area (Å²) in [5.41, 5.74) is 7.34. The van der Waals surface area contributed by atoms with Crippen molar-refractivity contribution in [1.82, 2.24) is 4.98 Å². The predicted molar refractivity (Wildman–Crippen MR) is 65.5 cm³/mol. The van der Waals surface area contributed by atoms with Crippen LogP contribution < -0.4 is 11.1 Å². The van der Waals surface area contributed by atoms with Gasteiger partial charge in [-0.15, -0.1) is 0 Å². The van der Waals surface area contributed by atoms with Crippen LogP contribution in [0.2, 0.25) is 0 Å². The smallest absolute Gasteiger partial charge is 0.337 e. The first-order valence-corrected chi connectivity index (χ1v) is 5.33. The average molecular weight is 247 g/mol. The number of ether oxygens (including phenoxy) is 1. The summed E-state index contributed by atoms with van der Waals surface area (Å²) in [7, 11) is 1.34. The number of aromatic nitrogens is 1. The Balaban J connectivity index is 2.08. The number of anilines is 2. The highest BCUT2D eigenvalue weighted by Crippen LogP contribution is 2.16. The number of esters is 1. The summed E-state index contributed by atoms with van der Waals surface area (Å²) >= 11 is 0. The van der Waals surface area contributed by atoms with Crippen molar-refractivity contribution in [1.29, 1.82) is 0 Å². The maximum Gasteiger partial charge on any atom is 0.337 e. The fraction of sp³-hybridized carbons (Fsp3) is 0.167. The Kier molecular flexibility index (Phi) is 3.59. The highest BCUT2D eigenvalue weighted by molar-refractivity contribution is 5.89. The topological polar surface area (TPSA) is 90.4 Å². The van der Waals surface area contributed by atoms with Gasteiger partial charge in [0.2, 0.25) is 0 Å². The van der Waals surface area contributed by atoms with E-state index in [1.54, 1.807) is 24.3 Å². The molecular formula is C12H13N3O3.